The number of hydrogen-bond donors (Lipinski definition) is 2. The Balaban J connectivity index is 1.99. The fourth-order valence-corrected chi connectivity index (χ4v) is 1.83. The molecule has 0 aromatic heterocycles. The second-order valence-electron chi connectivity index (χ2n) is 4.25. The van der Waals surface area contributed by atoms with Gasteiger partial charge in [-0.25, -0.2) is 0 Å². The van der Waals surface area contributed by atoms with Crippen molar-refractivity contribution in [1.82, 2.24) is 10.6 Å². The van der Waals surface area contributed by atoms with Crippen molar-refractivity contribution in [2.75, 3.05) is 26.3 Å². The molecule has 0 saturated carbocycles. The van der Waals surface area contributed by atoms with Gasteiger partial charge in [0.2, 0.25) is 5.91 Å². The summed E-state index contributed by atoms with van der Waals surface area (Å²) in [7, 11) is 0. The number of halogens is 3. The van der Waals surface area contributed by atoms with E-state index in [2.05, 4.69) is 15.4 Å². The normalized spacial score (nSPS) is 28.6. The number of carbonyl (C=O) groups excluding carboxylic acids is 1. The summed E-state index contributed by atoms with van der Waals surface area (Å²) in [4.78, 5) is 11.6. The molecule has 2 heterocycles. The molecule has 2 aliphatic rings. The van der Waals surface area contributed by atoms with E-state index in [0.29, 0.717) is 19.5 Å². The molecule has 1 atom stereocenters. The quantitative estimate of drug-likeness (QED) is 0.714. The highest BCUT2D eigenvalue weighted by Gasteiger charge is 2.61. The molecule has 0 bridgehead atoms. The number of ether oxygens (including phenoxy) is 1. The Labute approximate surface area is 90.5 Å². The first-order valence-corrected chi connectivity index (χ1v) is 5.12. The van der Waals surface area contributed by atoms with Crippen LogP contribution in [0.25, 0.3) is 0 Å². The van der Waals surface area contributed by atoms with E-state index in [1.54, 1.807) is 0 Å². The van der Waals surface area contributed by atoms with Crippen LogP contribution in [0.15, 0.2) is 0 Å². The van der Waals surface area contributed by atoms with Gasteiger partial charge in [0.1, 0.15) is 0 Å². The van der Waals surface area contributed by atoms with Crippen molar-refractivity contribution in [2.24, 2.45) is 5.92 Å². The number of alkyl halides is 3. The maximum atomic E-state index is 12.7. The average molecular weight is 238 g/mol. The summed E-state index contributed by atoms with van der Waals surface area (Å²) in [6.07, 6.45) is -3.87. The lowest BCUT2D eigenvalue weighted by Gasteiger charge is -2.43. The van der Waals surface area contributed by atoms with Crippen LogP contribution in [0.4, 0.5) is 13.2 Å². The minimum absolute atomic E-state index is 0.361. The molecular weight excluding hydrogens is 225 g/mol. The van der Waals surface area contributed by atoms with Crippen LogP contribution in [0.5, 0.6) is 0 Å². The molecule has 0 aromatic carbocycles. The molecule has 2 N–H and O–H groups in total. The van der Waals surface area contributed by atoms with Crippen LogP contribution in [-0.2, 0) is 9.53 Å². The van der Waals surface area contributed by atoms with Crippen molar-refractivity contribution >= 4 is 5.91 Å². The molecule has 1 unspecified atom stereocenters. The smallest absolute Gasteiger partial charge is 0.376 e. The van der Waals surface area contributed by atoms with Crippen molar-refractivity contribution in [3.63, 3.8) is 0 Å². The van der Waals surface area contributed by atoms with Crippen LogP contribution < -0.4 is 10.6 Å². The highest BCUT2D eigenvalue weighted by atomic mass is 19.4. The predicted octanol–water partition coefficient (Wildman–Crippen LogP) is 0.0434. The van der Waals surface area contributed by atoms with Crippen LogP contribution in [0, 0.1) is 5.92 Å². The zero-order valence-electron chi connectivity index (χ0n) is 8.56. The third kappa shape index (κ3) is 1.89. The molecule has 2 aliphatic heterocycles. The van der Waals surface area contributed by atoms with Crippen molar-refractivity contribution in [1.29, 1.82) is 0 Å². The fraction of sp³-hybridized carbons (Fsp3) is 0.889. The van der Waals surface area contributed by atoms with Gasteiger partial charge >= 0.3 is 6.18 Å². The van der Waals surface area contributed by atoms with E-state index in [4.69, 9.17) is 0 Å². The van der Waals surface area contributed by atoms with Gasteiger partial charge in [0, 0.05) is 6.54 Å². The Morgan fingerprint density at radius 1 is 1.44 bits per heavy atom. The predicted molar refractivity (Wildman–Crippen MR) is 48.7 cm³/mol. The molecule has 1 amide bonds. The van der Waals surface area contributed by atoms with Gasteiger partial charge in [0.05, 0.1) is 19.1 Å². The molecule has 0 aliphatic carbocycles. The highest BCUT2D eigenvalue weighted by molar-refractivity contribution is 5.80. The lowest BCUT2D eigenvalue weighted by Crippen LogP contribution is -2.71. The monoisotopic (exact) mass is 238 g/mol. The van der Waals surface area contributed by atoms with Gasteiger partial charge in [-0.15, -0.1) is 0 Å². The molecule has 2 rings (SSSR count). The molecule has 0 radical (unpaired) electrons. The van der Waals surface area contributed by atoms with Gasteiger partial charge in [-0.05, 0) is 13.0 Å². The van der Waals surface area contributed by atoms with E-state index in [0.717, 1.165) is 0 Å². The van der Waals surface area contributed by atoms with Crippen LogP contribution in [0.1, 0.15) is 6.42 Å². The first kappa shape index (κ1) is 11.7. The maximum absolute atomic E-state index is 12.7. The third-order valence-corrected chi connectivity index (χ3v) is 3.03. The first-order valence-electron chi connectivity index (χ1n) is 5.12. The second-order valence-corrected chi connectivity index (χ2v) is 4.25. The molecule has 2 saturated heterocycles. The Morgan fingerprint density at radius 3 is 2.50 bits per heavy atom. The van der Waals surface area contributed by atoms with E-state index in [9.17, 15) is 18.0 Å². The van der Waals surface area contributed by atoms with Gasteiger partial charge in [-0.1, -0.05) is 0 Å². The zero-order valence-corrected chi connectivity index (χ0v) is 8.56. The Kier molecular flexibility index (Phi) is 2.83. The van der Waals surface area contributed by atoms with Crippen molar-refractivity contribution in [3.05, 3.63) is 0 Å². The topological polar surface area (TPSA) is 50.4 Å². The fourth-order valence-electron chi connectivity index (χ4n) is 1.83. The van der Waals surface area contributed by atoms with Gasteiger partial charge in [-0.3, -0.25) is 4.79 Å². The van der Waals surface area contributed by atoms with E-state index < -0.39 is 30.8 Å². The Hall–Kier alpha value is -0.820. The molecule has 4 nitrogen and oxygen atoms in total. The number of nitrogens with one attached hydrogen (secondary N) is 2. The molecule has 0 aromatic rings. The van der Waals surface area contributed by atoms with Crippen molar-refractivity contribution < 1.29 is 22.7 Å². The Bertz CT molecular complexity index is 283. The van der Waals surface area contributed by atoms with Gasteiger partial charge in [-0.2, -0.15) is 13.2 Å². The lowest BCUT2D eigenvalue weighted by molar-refractivity contribution is -0.266. The van der Waals surface area contributed by atoms with Crippen molar-refractivity contribution in [3.8, 4) is 0 Å². The third-order valence-electron chi connectivity index (χ3n) is 3.03. The molecule has 92 valence electrons. The average Bonchev–Trinajstić information content (AvgIpc) is 2.60. The van der Waals surface area contributed by atoms with Crippen LogP contribution in [0.2, 0.25) is 0 Å². The maximum Gasteiger partial charge on any atom is 0.416 e. The summed E-state index contributed by atoms with van der Waals surface area (Å²) in [6.45, 7) is 0.152. The lowest BCUT2D eigenvalue weighted by atomic mass is 9.95. The van der Waals surface area contributed by atoms with E-state index >= 15 is 0 Å². The molecule has 16 heavy (non-hydrogen) atoms. The number of carbonyl (C=O) groups is 1. The standard InChI is InChI=1S/C9H13F3N2O2/c10-9(11,12)8(4-16-5-8)14-7(15)6-1-2-13-3-6/h6,13H,1-5H2,(H,14,15). The summed E-state index contributed by atoms with van der Waals surface area (Å²) < 4.78 is 42.7. The minimum Gasteiger partial charge on any atom is -0.376 e. The number of rotatable bonds is 2. The van der Waals surface area contributed by atoms with Gasteiger partial charge in [0.15, 0.2) is 5.54 Å². The van der Waals surface area contributed by atoms with Crippen LogP contribution in [-0.4, -0.2) is 43.9 Å². The summed E-state index contributed by atoms with van der Waals surface area (Å²) in [5, 5.41) is 5.02. The van der Waals surface area contributed by atoms with E-state index in [-0.39, 0.29) is 5.92 Å². The molecular formula is C9H13F3N2O2. The zero-order chi connectivity index (χ0) is 11.8. The molecule has 7 heteroatoms. The number of hydrogen-bond acceptors (Lipinski definition) is 3. The molecule has 0 spiro atoms. The van der Waals surface area contributed by atoms with Gasteiger partial charge < -0.3 is 15.4 Å². The minimum atomic E-state index is -4.45. The van der Waals surface area contributed by atoms with Crippen LogP contribution >= 0.6 is 0 Å². The summed E-state index contributed by atoms with van der Waals surface area (Å²) in [5.74, 6) is -0.898. The Morgan fingerprint density at radius 2 is 2.12 bits per heavy atom. The second kappa shape index (κ2) is 3.89. The van der Waals surface area contributed by atoms with Crippen LogP contribution in [0.3, 0.4) is 0 Å². The largest absolute Gasteiger partial charge is 0.416 e. The summed E-state index contributed by atoms with van der Waals surface area (Å²) >= 11 is 0. The number of amides is 1. The van der Waals surface area contributed by atoms with E-state index in [1.165, 1.54) is 0 Å². The van der Waals surface area contributed by atoms with Crippen molar-refractivity contribution in [2.45, 2.75) is 18.1 Å². The SMILES string of the molecule is O=C(NC1(C(F)(F)F)COC1)C1CCNC1. The first-order chi connectivity index (χ1) is 7.45. The van der Waals surface area contributed by atoms with E-state index in [1.807, 2.05) is 0 Å². The summed E-state index contributed by atoms with van der Waals surface area (Å²) in [6, 6.07) is 0. The molecule has 2 fully saturated rings. The summed E-state index contributed by atoms with van der Waals surface area (Å²) in [5.41, 5.74) is -2.16. The highest BCUT2D eigenvalue weighted by Crippen LogP contribution is 2.36. The van der Waals surface area contributed by atoms with Gasteiger partial charge in [0.25, 0.3) is 0 Å².